The van der Waals surface area contributed by atoms with Crippen molar-refractivity contribution in [3.05, 3.63) is 59.7 Å². The van der Waals surface area contributed by atoms with Crippen molar-refractivity contribution in [3.63, 3.8) is 0 Å². The second kappa shape index (κ2) is 7.67. The monoisotopic (exact) mass is 310 g/mol. The summed E-state index contributed by atoms with van der Waals surface area (Å²) in [6, 6.07) is 17.1. The highest BCUT2D eigenvalue weighted by Crippen LogP contribution is 2.27. The first-order valence-corrected chi connectivity index (χ1v) is 8.01. The van der Waals surface area contributed by atoms with Gasteiger partial charge in [0.2, 0.25) is 0 Å². The number of nitrogens with one attached hydrogen (secondary N) is 1. The molecule has 0 fully saturated rings. The molecule has 0 atom stereocenters. The third-order valence-electron chi connectivity index (χ3n) is 2.99. The molecule has 1 N–H and O–H groups in total. The quantitative estimate of drug-likeness (QED) is 0.827. The summed E-state index contributed by atoms with van der Waals surface area (Å²) in [6.07, 6.45) is 0.377. The maximum absolute atomic E-state index is 12.5. The second-order valence-electron chi connectivity index (χ2n) is 5.15. The Morgan fingerprint density at radius 3 is 2.50 bits per heavy atom. The fourth-order valence-corrected chi connectivity index (χ4v) is 2.96. The van der Waals surface area contributed by atoms with Crippen LogP contribution >= 0.6 is 11.8 Å². The number of hydrogen-bond donors (Lipinski definition) is 1. The van der Waals surface area contributed by atoms with Crippen molar-refractivity contribution >= 4 is 23.4 Å². The lowest BCUT2D eigenvalue weighted by atomic mass is 10.1. The molecular formula is C18H18N2OS. The van der Waals surface area contributed by atoms with Gasteiger partial charge >= 0.3 is 0 Å². The molecule has 0 saturated carbocycles. The number of hydrogen-bond acceptors (Lipinski definition) is 3. The van der Waals surface area contributed by atoms with Gasteiger partial charge in [-0.05, 0) is 29.8 Å². The number of anilines is 1. The van der Waals surface area contributed by atoms with Crippen LogP contribution in [0.15, 0.2) is 53.4 Å². The summed E-state index contributed by atoms with van der Waals surface area (Å²) in [5.41, 5.74) is 2.36. The van der Waals surface area contributed by atoms with Gasteiger partial charge in [-0.3, -0.25) is 4.79 Å². The Labute approximate surface area is 135 Å². The van der Waals surface area contributed by atoms with E-state index in [1.54, 1.807) is 11.8 Å². The van der Waals surface area contributed by atoms with Crippen molar-refractivity contribution in [2.24, 2.45) is 0 Å². The summed E-state index contributed by atoms with van der Waals surface area (Å²) < 4.78 is 0. The van der Waals surface area contributed by atoms with E-state index in [0.717, 1.165) is 16.1 Å². The lowest BCUT2D eigenvalue weighted by Gasteiger charge is -2.11. The molecule has 0 aliphatic rings. The van der Waals surface area contributed by atoms with Crippen molar-refractivity contribution < 1.29 is 4.79 Å². The van der Waals surface area contributed by atoms with Gasteiger partial charge < -0.3 is 5.32 Å². The molecule has 2 aromatic rings. The third kappa shape index (κ3) is 4.37. The van der Waals surface area contributed by atoms with Crippen molar-refractivity contribution in [2.45, 2.75) is 30.4 Å². The maximum Gasteiger partial charge on any atom is 0.256 e. The van der Waals surface area contributed by atoms with E-state index in [0.29, 0.717) is 17.2 Å². The highest BCUT2D eigenvalue weighted by Gasteiger charge is 2.12. The first-order valence-electron chi connectivity index (χ1n) is 7.13. The number of carbonyl (C=O) groups is 1. The Hall–Kier alpha value is -2.25. The zero-order chi connectivity index (χ0) is 15.9. The second-order valence-corrected chi connectivity index (χ2v) is 6.77. The predicted molar refractivity (Wildman–Crippen MR) is 91.1 cm³/mol. The topological polar surface area (TPSA) is 52.9 Å². The van der Waals surface area contributed by atoms with Crippen LogP contribution in [-0.2, 0) is 6.42 Å². The van der Waals surface area contributed by atoms with E-state index in [1.807, 2.05) is 48.5 Å². The Bertz CT molecular complexity index is 687. The fraction of sp³-hybridized carbons (Fsp3) is 0.222. The molecule has 0 spiro atoms. The van der Waals surface area contributed by atoms with Crippen LogP contribution in [0.5, 0.6) is 0 Å². The van der Waals surface area contributed by atoms with Crippen molar-refractivity contribution in [1.82, 2.24) is 0 Å². The number of thioether (sulfide) groups is 1. The molecular weight excluding hydrogens is 292 g/mol. The number of rotatable bonds is 5. The van der Waals surface area contributed by atoms with Crippen LogP contribution < -0.4 is 5.32 Å². The van der Waals surface area contributed by atoms with Gasteiger partial charge in [0.15, 0.2) is 0 Å². The number of benzene rings is 2. The van der Waals surface area contributed by atoms with Gasteiger partial charge in [0.05, 0.1) is 18.1 Å². The Morgan fingerprint density at radius 1 is 1.18 bits per heavy atom. The van der Waals surface area contributed by atoms with E-state index in [1.165, 1.54) is 0 Å². The van der Waals surface area contributed by atoms with Crippen molar-refractivity contribution in [1.29, 1.82) is 5.26 Å². The number of carbonyl (C=O) groups excluding carboxylic acids is 1. The molecule has 0 bridgehead atoms. The van der Waals surface area contributed by atoms with Gasteiger partial charge in [0.25, 0.3) is 5.91 Å². The van der Waals surface area contributed by atoms with Gasteiger partial charge in [-0.25, -0.2) is 0 Å². The Balaban J connectivity index is 2.14. The van der Waals surface area contributed by atoms with Gasteiger partial charge in [-0.15, -0.1) is 11.8 Å². The van der Waals surface area contributed by atoms with E-state index >= 15 is 0 Å². The van der Waals surface area contributed by atoms with Crippen LogP contribution in [0.4, 0.5) is 5.69 Å². The zero-order valence-corrected chi connectivity index (χ0v) is 13.5. The maximum atomic E-state index is 12.5. The minimum Gasteiger partial charge on any atom is -0.322 e. The van der Waals surface area contributed by atoms with E-state index < -0.39 is 0 Å². The lowest BCUT2D eigenvalue weighted by Crippen LogP contribution is -2.13. The molecule has 112 valence electrons. The molecule has 0 aliphatic carbocycles. The molecule has 0 unspecified atom stereocenters. The number of nitriles is 1. The Kier molecular flexibility index (Phi) is 5.62. The van der Waals surface area contributed by atoms with Gasteiger partial charge in [-0.1, -0.05) is 38.1 Å². The number of amides is 1. The molecule has 0 heterocycles. The molecule has 0 radical (unpaired) electrons. The molecule has 0 aliphatic heterocycles. The summed E-state index contributed by atoms with van der Waals surface area (Å²) in [4.78, 5) is 13.4. The summed E-state index contributed by atoms with van der Waals surface area (Å²) in [5, 5.41) is 12.0. The summed E-state index contributed by atoms with van der Waals surface area (Å²) in [7, 11) is 0. The van der Waals surface area contributed by atoms with Crippen LogP contribution in [0.3, 0.4) is 0 Å². The van der Waals surface area contributed by atoms with Crippen LogP contribution in [0.2, 0.25) is 0 Å². The average Bonchev–Trinajstić information content (AvgIpc) is 2.49. The van der Waals surface area contributed by atoms with E-state index in [2.05, 4.69) is 25.2 Å². The van der Waals surface area contributed by atoms with E-state index in [4.69, 9.17) is 5.26 Å². The van der Waals surface area contributed by atoms with Crippen LogP contribution in [0.25, 0.3) is 0 Å². The Morgan fingerprint density at radius 2 is 1.86 bits per heavy atom. The summed E-state index contributed by atoms with van der Waals surface area (Å²) in [6.45, 7) is 4.21. The van der Waals surface area contributed by atoms with Crippen LogP contribution in [0, 0.1) is 11.3 Å². The molecule has 2 aromatic carbocycles. The highest BCUT2D eigenvalue weighted by atomic mass is 32.2. The summed E-state index contributed by atoms with van der Waals surface area (Å²) >= 11 is 1.68. The first kappa shape index (κ1) is 16.1. The third-order valence-corrected chi connectivity index (χ3v) is 4.07. The van der Waals surface area contributed by atoms with Gasteiger partial charge in [0, 0.05) is 15.8 Å². The van der Waals surface area contributed by atoms with Gasteiger partial charge in [0.1, 0.15) is 0 Å². The molecule has 4 heteroatoms. The largest absolute Gasteiger partial charge is 0.322 e. The highest BCUT2D eigenvalue weighted by molar-refractivity contribution is 8.00. The van der Waals surface area contributed by atoms with E-state index in [9.17, 15) is 4.79 Å². The molecule has 2 rings (SSSR count). The molecule has 22 heavy (non-hydrogen) atoms. The average molecular weight is 310 g/mol. The molecule has 0 aromatic heterocycles. The van der Waals surface area contributed by atoms with Crippen LogP contribution in [-0.4, -0.2) is 11.2 Å². The number of nitrogens with zero attached hydrogens (tertiary/aromatic N) is 1. The zero-order valence-electron chi connectivity index (χ0n) is 12.7. The first-order chi connectivity index (χ1) is 10.6. The van der Waals surface area contributed by atoms with Gasteiger partial charge in [-0.2, -0.15) is 5.26 Å². The smallest absolute Gasteiger partial charge is 0.256 e. The normalized spacial score (nSPS) is 10.3. The fourth-order valence-electron chi connectivity index (χ4n) is 2.01. The van der Waals surface area contributed by atoms with Crippen LogP contribution in [0.1, 0.15) is 29.8 Å². The lowest BCUT2D eigenvalue weighted by molar-refractivity contribution is 0.102. The molecule has 3 nitrogen and oxygen atoms in total. The predicted octanol–water partition coefficient (Wildman–Crippen LogP) is 4.51. The van der Waals surface area contributed by atoms with Crippen molar-refractivity contribution in [3.8, 4) is 6.07 Å². The summed E-state index contributed by atoms with van der Waals surface area (Å²) in [5.74, 6) is -0.114. The minimum absolute atomic E-state index is 0.114. The minimum atomic E-state index is -0.114. The van der Waals surface area contributed by atoms with Crippen molar-refractivity contribution in [2.75, 3.05) is 5.32 Å². The molecule has 1 amide bonds. The standard InChI is InChI=1S/C18H18N2OS/c1-13(2)22-17-6-4-3-5-16(17)18(21)20-15-9-7-14(8-10-15)11-12-19/h3-10,13H,11H2,1-2H3,(H,20,21). The van der Waals surface area contributed by atoms with E-state index in [-0.39, 0.29) is 5.91 Å². The molecule has 0 saturated heterocycles. The SMILES string of the molecule is CC(C)Sc1ccccc1C(=O)Nc1ccc(CC#N)cc1.